The van der Waals surface area contributed by atoms with Gasteiger partial charge in [-0.3, -0.25) is 5.41 Å². The summed E-state index contributed by atoms with van der Waals surface area (Å²) in [6, 6.07) is 0. The van der Waals surface area contributed by atoms with Crippen LogP contribution in [-0.4, -0.2) is 18.8 Å². The van der Waals surface area contributed by atoms with Crippen LogP contribution in [0.25, 0.3) is 0 Å². The number of rotatable bonds is 2. The Morgan fingerprint density at radius 1 is 1.67 bits per heavy atom. The Morgan fingerprint density at radius 2 is 2.22 bits per heavy atom. The van der Waals surface area contributed by atoms with Crippen LogP contribution in [0.1, 0.15) is 6.92 Å². The summed E-state index contributed by atoms with van der Waals surface area (Å²) in [6.07, 6.45) is 2.99. The molecule has 0 aromatic heterocycles. The lowest BCUT2D eigenvalue weighted by Gasteiger charge is -1.92. The quantitative estimate of drug-likeness (QED) is 0.439. The maximum atomic E-state index is 10.4. The van der Waals surface area contributed by atoms with Crippen LogP contribution >= 0.6 is 0 Å². The molecule has 0 aliphatic heterocycles. The van der Waals surface area contributed by atoms with E-state index in [1.165, 1.54) is 13.2 Å². The topological polar surface area (TPSA) is 50.2 Å². The highest BCUT2D eigenvalue weighted by Gasteiger charge is 2.02. The van der Waals surface area contributed by atoms with Gasteiger partial charge in [0.1, 0.15) is 5.71 Å². The van der Waals surface area contributed by atoms with Crippen molar-refractivity contribution in [3.8, 4) is 0 Å². The summed E-state index contributed by atoms with van der Waals surface area (Å²) in [5.41, 5.74) is -0.125. The summed E-state index contributed by atoms with van der Waals surface area (Å²) >= 11 is 0. The van der Waals surface area contributed by atoms with Crippen molar-refractivity contribution in [1.82, 2.24) is 0 Å². The lowest BCUT2D eigenvalue weighted by Crippen LogP contribution is -2.11. The molecule has 0 spiro atoms. The maximum absolute atomic E-state index is 10.4. The summed E-state index contributed by atoms with van der Waals surface area (Å²) < 4.78 is 4.25. The second kappa shape index (κ2) is 3.83. The average molecular weight is 127 g/mol. The van der Waals surface area contributed by atoms with E-state index in [-0.39, 0.29) is 5.71 Å². The van der Waals surface area contributed by atoms with Crippen LogP contribution in [-0.2, 0) is 9.53 Å². The Kier molecular flexibility index (Phi) is 3.35. The van der Waals surface area contributed by atoms with E-state index in [1.54, 1.807) is 13.0 Å². The van der Waals surface area contributed by atoms with Gasteiger partial charge in [0, 0.05) is 0 Å². The Morgan fingerprint density at radius 3 is 2.56 bits per heavy atom. The Labute approximate surface area is 53.8 Å². The lowest BCUT2D eigenvalue weighted by molar-refractivity contribution is -0.132. The first-order chi connectivity index (χ1) is 4.22. The van der Waals surface area contributed by atoms with Gasteiger partial charge in [0.2, 0.25) is 0 Å². The fourth-order valence-corrected chi connectivity index (χ4v) is 0.345. The molecule has 0 aliphatic carbocycles. The number of carbonyl (C=O) groups is 1. The number of allylic oxidation sites excluding steroid dienone is 1. The van der Waals surface area contributed by atoms with E-state index in [0.29, 0.717) is 0 Å². The van der Waals surface area contributed by atoms with Crippen LogP contribution in [0.15, 0.2) is 12.2 Å². The summed E-state index contributed by atoms with van der Waals surface area (Å²) in [5.74, 6) is -0.604. The van der Waals surface area contributed by atoms with Crippen molar-refractivity contribution in [2.75, 3.05) is 7.11 Å². The van der Waals surface area contributed by atoms with Gasteiger partial charge in [0.05, 0.1) is 7.11 Å². The molecule has 3 nitrogen and oxygen atoms in total. The molecule has 0 saturated heterocycles. The summed E-state index contributed by atoms with van der Waals surface area (Å²) in [5, 5.41) is 6.93. The van der Waals surface area contributed by atoms with Crippen LogP contribution in [0.3, 0.4) is 0 Å². The van der Waals surface area contributed by atoms with Gasteiger partial charge >= 0.3 is 5.97 Å². The van der Waals surface area contributed by atoms with Crippen molar-refractivity contribution in [2.45, 2.75) is 6.92 Å². The second-order valence-electron chi connectivity index (χ2n) is 1.41. The van der Waals surface area contributed by atoms with Crippen molar-refractivity contribution < 1.29 is 9.53 Å². The van der Waals surface area contributed by atoms with Gasteiger partial charge in [-0.05, 0) is 13.0 Å². The van der Waals surface area contributed by atoms with Crippen molar-refractivity contribution in [3.63, 3.8) is 0 Å². The molecule has 0 bridgehead atoms. The molecule has 0 aromatic carbocycles. The Bertz CT molecular complexity index is 149. The van der Waals surface area contributed by atoms with E-state index < -0.39 is 5.97 Å². The molecule has 0 amide bonds. The summed E-state index contributed by atoms with van der Waals surface area (Å²) in [6.45, 7) is 1.73. The third-order valence-corrected chi connectivity index (χ3v) is 0.739. The molecule has 3 heteroatoms. The van der Waals surface area contributed by atoms with E-state index >= 15 is 0 Å². The smallest absolute Gasteiger partial charge is 0.355 e. The van der Waals surface area contributed by atoms with Gasteiger partial charge in [-0.25, -0.2) is 4.79 Å². The van der Waals surface area contributed by atoms with E-state index in [1.807, 2.05) is 0 Å². The molecular formula is C6H9NO2. The highest BCUT2D eigenvalue weighted by Crippen LogP contribution is 1.80. The molecule has 0 radical (unpaired) electrons. The van der Waals surface area contributed by atoms with Crippen LogP contribution < -0.4 is 0 Å². The fourth-order valence-electron chi connectivity index (χ4n) is 0.345. The molecule has 0 aliphatic rings. The number of carbonyl (C=O) groups excluding carboxylic acids is 1. The zero-order valence-electron chi connectivity index (χ0n) is 5.47. The number of ether oxygens (including phenoxy) is 1. The molecule has 0 heterocycles. The van der Waals surface area contributed by atoms with Crippen LogP contribution in [0.4, 0.5) is 0 Å². The minimum absolute atomic E-state index is 0.125. The third kappa shape index (κ3) is 2.64. The highest BCUT2D eigenvalue weighted by molar-refractivity contribution is 6.39. The predicted molar refractivity (Wildman–Crippen MR) is 34.6 cm³/mol. The molecular weight excluding hydrogens is 118 g/mol. The first-order valence-electron chi connectivity index (χ1n) is 2.52. The van der Waals surface area contributed by atoms with Gasteiger partial charge < -0.3 is 4.74 Å². The molecule has 50 valence electrons. The highest BCUT2D eigenvalue weighted by atomic mass is 16.5. The number of esters is 1. The standard InChI is InChI=1S/C6H9NO2/c1-3-4-5(7)6(8)9-2/h3-4,7H,1-2H3/b4-3+,7-5?. The van der Waals surface area contributed by atoms with Crippen molar-refractivity contribution >= 4 is 11.7 Å². The molecule has 0 fully saturated rings. The maximum Gasteiger partial charge on any atom is 0.355 e. The van der Waals surface area contributed by atoms with Crippen molar-refractivity contribution in [3.05, 3.63) is 12.2 Å². The van der Waals surface area contributed by atoms with Crippen LogP contribution in [0.5, 0.6) is 0 Å². The summed E-state index contributed by atoms with van der Waals surface area (Å²) in [4.78, 5) is 10.4. The Hall–Kier alpha value is -1.12. The van der Waals surface area contributed by atoms with E-state index in [2.05, 4.69) is 4.74 Å². The lowest BCUT2D eigenvalue weighted by atomic mass is 10.3. The average Bonchev–Trinajstić information content (AvgIpc) is 1.87. The number of hydrogen-bond donors (Lipinski definition) is 1. The van der Waals surface area contributed by atoms with Crippen molar-refractivity contribution in [2.24, 2.45) is 0 Å². The predicted octanol–water partition coefficient (Wildman–Crippen LogP) is 0.755. The molecule has 0 atom stereocenters. The van der Waals surface area contributed by atoms with Crippen LogP contribution in [0, 0.1) is 5.41 Å². The second-order valence-corrected chi connectivity index (χ2v) is 1.41. The van der Waals surface area contributed by atoms with Gasteiger partial charge in [0.15, 0.2) is 0 Å². The minimum atomic E-state index is -0.604. The number of nitrogens with one attached hydrogen (secondary N) is 1. The van der Waals surface area contributed by atoms with E-state index in [0.717, 1.165) is 0 Å². The first-order valence-corrected chi connectivity index (χ1v) is 2.52. The van der Waals surface area contributed by atoms with Crippen molar-refractivity contribution in [1.29, 1.82) is 5.41 Å². The molecule has 0 unspecified atom stereocenters. The molecule has 0 rings (SSSR count). The monoisotopic (exact) mass is 127 g/mol. The summed E-state index contributed by atoms with van der Waals surface area (Å²) in [7, 11) is 1.25. The minimum Gasteiger partial charge on any atom is -0.464 e. The number of methoxy groups -OCH3 is 1. The van der Waals surface area contributed by atoms with Gasteiger partial charge in [0.25, 0.3) is 0 Å². The number of hydrogen-bond acceptors (Lipinski definition) is 3. The van der Waals surface area contributed by atoms with Crippen LogP contribution in [0.2, 0.25) is 0 Å². The molecule has 0 saturated carbocycles. The van der Waals surface area contributed by atoms with E-state index in [4.69, 9.17) is 5.41 Å². The van der Waals surface area contributed by atoms with Gasteiger partial charge in [-0.2, -0.15) is 0 Å². The van der Waals surface area contributed by atoms with Gasteiger partial charge in [-0.1, -0.05) is 6.08 Å². The normalized spacial score (nSPS) is 9.56. The largest absolute Gasteiger partial charge is 0.464 e. The zero-order chi connectivity index (χ0) is 7.28. The SMILES string of the molecule is C/C=C/C(=N)C(=O)OC. The molecule has 0 aromatic rings. The third-order valence-electron chi connectivity index (χ3n) is 0.739. The van der Waals surface area contributed by atoms with E-state index in [9.17, 15) is 4.79 Å². The van der Waals surface area contributed by atoms with Gasteiger partial charge in [-0.15, -0.1) is 0 Å². The molecule has 1 N–H and O–H groups in total. The fraction of sp³-hybridized carbons (Fsp3) is 0.333. The zero-order valence-corrected chi connectivity index (χ0v) is 5.47. The molecule has 9 heavy (non-hydrogen) atoms. The Balaban J connectivity index is 3.89. The first kappa shape index (κ1) is 7.88.